The summed E-state index contributed by atoms with van der Waals surface area (Å²) in [5.74, 6) is 0.600. The van der Waals surface area contributed by atoms with Crippen molar-refractivity contribution in [3.05, 3.63) is 17.8 Å². The molecule has 0 radical (unpaired) electrons. The Kier molecular flexibility index (Phi) is 4.86. The molecule has 110 valence electrons. The van der Waals surface area contributed by atoms with Gasteiger partial charge in [0.2, 0.25) is 0 Å². The molecule has 1 saturated heterocycles. The van der Waals surface area contributed by atoms with Gasteiger partial charge in [0.25, 0.3) is 5.91 Å². The maximum absolute atomic E-state index is 11.4. The first kappa shape index (κ1) is 14.7. The van der Waals surface area contributed by atoms with Crippen molar-refractivity contribution >= 4 is 11.7 Å². The van der Waals surface area contributed by atoms with Crippen molar-refractivity contribution in [2.45, 2.75) is 13.0 Å². The van der Waals surface area contributed by atoms with E-state index < -0.39 is 0 Å². The Morgan fingerprint density at radius 3 is 2.55 bits per heavy atom. The summed E-state index contributed by atoms with van der Waals surface area (Å²) < 4.78 is 0. The van der Waals surface area contributed by atoms with E-state index in [1.165, 1.54) is 0 Å². The standard InChI is InChI=1S/C13H22N6O/c1-10(9-14)18-5-7-19(8-6-18)12-4-3-11(16-17-12)13(20)15-2/h3-4,10H,5-9,14H2,1-2H3,(H,15,20). The number of rotatable bonds is 4. The van der Waals surface area contributed by atoms with Gasteiger partial charge in [0.15, 0.2) is 11.5 Å². The summed E-state index contributed by atoms with van der Waals surface area (Å²) in [4.78, 5) is 16.0. The lowest BCUT2D eigenvalue weighted by Gasteiger charge is -2.38. The average Bonchev–Trinajstić information content (AvgIpc) is 2.53. The van der Waals surface area contributed by atoms with E-state index in [9.17, 15) is 4.79 Å². The molecule has 1 aliphatic rings. The van der Waals surface area contributed by atoms with Gasteiger partial charge in [0.05, 0.1) is 0 Å². The topological polar surface area (TPSA) is 87.4 Å². The molecule has 7 nitrogen and oxygen atoms in total. The molecule has 1 aromatic heterocycles. The molecule has 0 saturated carbocycles. The van der Waals surface area contributed by atoms with E-state index in [0.717, 1.165) is 32.0 Å². The van der Waals surface area contributed by atoms with Crippen LogP contribution in [-0.2, 0) is 0 Å². The summed E-state index contributed by atoms with van der Waals surface area (Å²) in [5.41, 5.74) is 6.03. The first-order chi connectivity index (χ1) is 9.65. The van der Waals surface area contributed by atoms with E-state index in [1.807, 2.05) is 6.07 Å². The van der Waals surface area contributed by atoms with E-state index in [0.29, 0.717) is 18.3 Å². The Hall–Kier alpha value is -1.73. The van der Waals surface area contributed by atoms with Gasteiger partial charge in [-0.15, -0.1) is 10.2 Å². The molecule has 7 heteroatoms. The minimum atomic E-state index is -0.217. The van der Waals surface area contributed by atoms with Crippen molar-refractivity contribution in [2.24, 2.45) is 5.73 Å². The zero-order valence-corrected chi connectivity index (χ0v) is 12.0. The van der Waals surface area contributed by atoms with Crippen LogP contribution in [0, 0.1) is 0 Å². The monoisotopic (exact) mass is 278 g/mol. The largest absolute Gasteiger partial charge is 0.354 e. The van der Waals surface area contributed by atoms with E-state index in [1.54, 1.807) is 13.1 Å². The molecule has 0 bridgehead atoms. The van der Waals surface area contributed by atoms with Crippen LogP contribution in [0.5, 0.6) is 0 Å². The van der Waals surface area contributed by atoms with Crippen LogP contribution >= 0.6 is 0 Å². The van der Waals surface area contributed by atoms with Gasteiger partial charge in [0, 0.05) is 45.8 Å². The number of hydrogen-bond donors (Lipinski definition) is 2. The third kappa shape index (κ3) is 3.23. The average molecular weight is 278 g/mol. The molecule has 3 N–H and O–H groups in total. The second-order valence-corrected chi connectivity index (χ2v) is 4.96. The Labute approximate surface area is 119 Å². The van der Waals surface area contributed by atoms with Crippen LogP contribution in [-0.4, -0.2) is 66.8 Å². The van der Waals surface area contributed by atoms with Crippen molar-refractivity contribution in [3.63, 3.8) is 0 Å². The first-order valence-electron chi connectivity index (χ1n) is 6.90. The second-order valence-electron chi connectivity index (χ2n) is 4.96. The summed E-state index contributed by atoms with van der Waals surface area (Å²) >= 11 is 0. The number of nitrogens with two attached hydrogens (primary N) is 1. The maximum Gasteiger partial charge on any atom is 0.271 e. The van der Waals surface area contributed by atoms with Gasteiger partial charge in [-0.25, -0.2) is 0 Å². The Bertz CT molecular complexity index is 441. The number of hydrogen-bond acceptors (Lipinski definition) is 6. The molecule has 2 rings (SSSR count). The number of nitrogens with one attached hydrogen (secondary N) is 1. The smallest absolute Gasteiger partial charge is 0.271 e. The molecule has 1 aliphatic heterocycles. The third-order valence-corrected chi connectivity index (χ3v) is 3.71. The fourth-order valence-corrected chi connectivity index (χ4v) is 2.28. The highest BCUT2D eigenvalue weighted by Gasteiger charge is 2.21. The quantitative estimate of drug-likeness (QED) is 0.758. The third-order valence-electron chi connectivity index (χ3n) is 3.71. The molecule has 0 spiro atoms. The molecule has 1 atom stereocenters. The highest BCUT2D eigenvalue weighted by atomic mass is 16.1. The summed E-state index contributed by atoms with van der Waals surface area (Å²) in [6.07, 6.45) is 0. The van der Waals surface area contributed by atoms with Crippen molar-refractivity contribution in [3.8, 4) is 0 Å². The first-order valence-corrected chi connectivity index (χ1v) is 6.90. The van der Waals surface area contributed by atoms with Crippen LogP contribution < -0.4 is 16.0 Å². The number of carbonyl (C=O) groups excluding carboxylic acids is 1. The fourth-order valence-electron chi connectivity index (χ4n) is 2.28. The van der Waals surface area contributed by atoms with Crippen LogP contribution in [0.15, 0.2) is 12.1 Å². The molecular weight excluding hydrogens is 256 g/mol. The zero-order chi connectivity index (χ0) is 14.5. The molecule has 1 aromatic rings. The predicted octanol–water partition coefficient (Wildman–Crippen LogP) is -0.695. The van der Waals surface area contributed by atoms with E-state index in [2.05, 4.69) is 32.2 Å². The number of piperazine rings is 1. The molecule has 2 heterocycles. The molecule has 0 aliphatic carbocycles. The van der Waals surface area contributed by atoms with Crippen LogP contribution in [0.25, 0.3) is 0 Å². The second kappa shape index (κ2) is 6.62. The predicted molar refractivity (Wildman–Crippen MR) is 77.7 cm³/mol. The van der Waals surface area contributed by atoms with Gasteiger partial charge >= 0.3 is 0 Å². The van der Waals surface area contributed by atoms with Crippen molar-refractivity contribution < 1.29 is 4.79 Å². The van der Waals surface area contributed by atoms with Gasteiger partial charge in [-0.3, -0.25) is 9.69 Å². The van der Waals surface area contributed by atoms with Crippen molar-refractivity contribution in [2.75, 3.05) is 44.7 Å². The van der Waals surface area contributed by atoms with Gasteiger partial charge in [-0.2, -0.15) is 0 Å². The molecule has 1 amide bonds. The lowest BCUT2D eigenvalue weighted by molar-refractivity contribution is 0.0957. The summed E-state index contributed by atoms with van der Waals surface area (Å²) in [7, 11) is 1.58. The van der Waals surface area contributed by atoms with Crippen LogP contribution in [0.2, 0.25) is 0 Å². The summed E-state index contributed by atoms with van der Waals surface area (Å²) in [5, 5.41) is 10.6. The van der Waals surface area contributed by atoms with Crippen LogP contribution in [0.1, 0.15) is 17.4 Å². The fraction of sp³-hybridized carbons (Fsp3) is 0.615. The Balaban J connectivity index is 1.95. The molecule has 20 heavy (non-hydrogen) atoms. The lowest BCUT2D eigenvalue weighted by atomic mass is 10.2. The van der Waals surface area contributed by atoms with Gasteiger partial charge in [0.1, 0.15) is 0 Å². The Morgan fingerprint density at radius 1 is 1.35 bits per heavy atom. The van der Waals surface area contributed by atoms with Crippen LogP contribution in [0.4, 0.5) is 5.82 Å². The normalized spacial score (nSPS) is 17.9. The molecule has 0 aromatic carbocycles. The number of anilines is 1. The Morgan fingerprint density at radius 2 is 2.05 bits per heavy atom. The lowest BCUT2D eigenvalue weighted by Crippen LogP contribution is -2.51. The van der Waals surface area contributed by atoms with Crippen LogP contribution in [0.3, 0.4) is 0 Å². The molecule has 1 fully saturated rings. The van der Waals surface area contributed by atoms with E-state index in [-0.39, 0.29) is 5.91 Å². The number of aromatic nitrogens is 2. The minimum Gasteiger partial charge on any atom is -0.354 e. The summed E-state index contributed by atoms with van der Waals surface area (Å²) in [6.45, 7) is 6.57. The number of amides is 1. The number of carbonyl (C=O) groups is 1. The molecule has 1 unspecified atom stereocenters. The van der Waals surface area contributed by atoms with E-state index >= 15 is 0 Å². The zero-order valence-electron chi connectivity index (χ0n) is 12.0. The van der Waals surface area contributed by atoms with Crippen molar-refractivity contribution in [1.29, 1.82) is 0 Å². The van der Waals surface area contributed by atoms with Gasteiger partial charge in [-0.05, 0) is 19.1 Å². The minimum absolute atomic E-state index is 0.217. The van der Waals surface area contributed by atoms with Gasteiger partial charge < -0.3 is 16.0 Å². The van der Waals surface area contributed by atoms with E-state index in [4.69, 9.17) is 5.73 Å². The highest BCUT2D eigenvalue weighted by Crippen LogP contribution is 2.14. The van der Waals surface area contributed by atoms with Gasteiger partial charge in [-0.1, -0.05) is 0 Å². The SMILES string of the molecule is CNC(=O)c1ccc(N2CCN(C(C)CN)CC2)nn1. The number of nitrogens with zero attached hydrogens (tertiary/aromatic N) is 4. The maximum atomic E-state index is 11.4. The highest BCUT2D eigenvalue weighted by molar-refractivity contribution is 5.91. The summed E-state index contributed by atoms with van der Waals surface area (Å²) in [6, 6.07) is 3.97. The molecular formula is C13H22N6O. The van der Waals surface area contributed by atoms with Crippen molar-refractivity contribution in [1.82, 2.24) is 20.4 Å².